The highest BCUT2D eigenvalue weighted by molar-refractivity contribution is 7.94. The molecular weight excluding hydrogens is 434 g/mol. The van der Waals surface area contributed by atoms with Crippen LogP contribution in [-0.2, 0) is 14.6 Å². The number of hydrogen-bond acceptors (Lipinski definition) is 7. The molecule has 2 heterocycles. The Bertz CT molecular complexity index is 1170. The van der Waals surface area contributed by atoms with Crippen LogP contribution in [-0.4, -0.2) is 57.3 Å². The smallest absolute Gasteiger partial charge is 0.293 e. The van der Waals surface area contributed by atoms with Gasteiger partial charge in [0.2, 0.25) is 0 Å². The average molecular weight is 458 g/mol. The summed E-state index contributed by atoms with van der Waals surface area (Å²) in [5.74, 6) is -0.738. The highest BCUT2D eigenvalue weighted by Gasteiger charge is 2.33. The van der Waals surface area contributed by atoms with Gasteiger partial charge >= 0.3 is 0 Å². The van der Waals surface area contributed by atoms with Crippen molar-refractivity contribution in [3.8, 4) is 0 Å². The van der Waals surface area contributed by atoms with Gasteiger partial charge in [0.1, 0.15) is 5.69 Å². The molecule has 2 aromatic rings. The van der Waals surface area contributed by atoms with E-state index in [-0.39, 0.29) is 17.0 Å². The number of carbonyl (C=O) groups excluding carboxylic acids is 1. The van der Waals surface area contributed by atoms with Crippen LogP contribution in [0.15, 0.2) is 53.9 Å². The van der Waals surface area contributed by atoms with Gasteiger partial charge in [-0.25, -0.2) is 8.42 Å². The summed E-state index contributed by atoms with van der Waals surface area (Å²) in [6.07, 6.45) is 1.48. The molecular formula is C22H23N3O6S. The molecule has 10 heteroatoms. The zero-order valence-electron chi connectivity index (χ0n) is 17.5. The number of aryl methyl sites for hydroxylation is 1. The van der Waals surface area contributed by atoms with E-state index in [1.54, 1.807) is 24.3 Å². The fraction of sp³-hybridized carbons (Fsp3) is 0.318. The largest absolute Gasteiger partial charge is 0.378 e. The molecule has 0 N–H and O–H groups in total. The van der Waals surface area contributed by atoms with Gasteiger partial charge in [-0.3, -0.25) is 14.9 Å². The fourth-order valence-corrected chi connectivity index (χ4v) is 5.17. The summed E-state index contributed by atoms with van der Waals surface area (Å²) in [4.78, 5) is 28.1. The second-order valence-electron chi connectivity index (χ2n) is 7.80. The first kappa shape index (κ1) is 22.0. The molecule has 0 bridgehead atoms. The lowest BCUT2D eigenvalue weighted by molar-refractivity contribution is -0.384. The first-order valence-electron chi connectivity index (χ1n) is 10.2. The zero-order valence-corrected chi connectivity index (χ0v) is 18.3. The highest BCUT2D eigenvalue weighted by atomic mass is 32.2. The van der Waals surface area contributed by atoms with Gasteiger partial charge in [0.15, 0.2) is 9.84 Å². The van der Waals surface area contributed by atoms with Crippen molar-refractivity contribution >= 4 is 32.8 Å². The van der Waals surface area contributed by atoms with Crippen molar-refractivity contribution in [3.05, 3.63) is 75.2 Å². The first-order valence-corrected chi connectivity index (χ1v) is 11.9. The van der Waals surface area contributed by atoms with E-state index < -0.39 is 26.7 Å². The molecule has 1 fully saturated rings. The molecule has 32 heavy (non-hydrogen) atoms. The Hall–Kier alpha value is -3.24. The number of carbonyl (C=O) groups is 1. The summed E-state index contributed by atoms with van der Waals surface area (Å²) in [6.45, 7) is 3.90. The Balaban J connectivity index is 1.73. The normalized spacial score (nSPS) is 19.7. The summed E-state index contributed by atoms with van der Waals surface area (Å²) in [6, 6.07) is 10.8. The molecule has 1 atom stereocenters. The number of nitro benzene ring substituents is 1. The zero-order chi connectivity index (χ0) is 22.9. The first-order chi connectivity index (χ1) is 15.2. The fourth-order valence-electron chi connectivity index (χ4n) is 3.90. The van der Waals surface area contributed by atoms with Crippen LogP contribution >= 0.6 is 0 Å². The van der Waals surface area contributed by atoms with Gasteiger partial charge in [0, 0.05) is 35.8 Å². The number of sulfone groups is 1. The van der Waals surface area contributed by atoms with Crippen LogP contribution in [0.3, 0.4) is 0 Å². The summed E-state index contributed by atoms with van der Waals surface area (Å²) in [7, 11) is -3.42. The molecule has 2 aliphatic rings. The van der Waals surface area contributed by atoms with Crippen molar-refractivity contribution in [2.45, 2.75) is 13.0 Å². The molecule has 168 valence electrons. The molecule has 0 radical (unpaired) electrons. The number of morpholine rings is 1. The number of ether oxygens (including phenoxy) is 1. The number of nitrogens with zero attached hydrogens (tertiary/aromatic N) is 3. The minimum absolute atomic E-state index is 0.118. The van der Waals surface area contributed by atoms with E-state index in [1.807, 2.05) is 24.0 Å². The Morgan fingerprint density at radius 2 is 1.84 bits per heavy atom. The second-order valence-corrected chi connectivity index (χ2v) is 9.73. The number of nitro groups is 1. The van der Waals surface area contributed by atoms with Gasteiger partial charge in [0.25, 0.3) is 11.6 Å². The third-order valence-corrected chi connectivity index (χ3v) is 6.92. The molecule has 9 nitrogen and oxygen atoms in total. The maximum absolute atomic E-state index is 13.5. The summed E-state index contributed by atoms with van der Waals surface area (Å²) in [5.41, 5.74) is 1.89. The minimum Gasteiger partial charge on any atom is -0.378 e. The number of rotatable bonds is 5. The Labute approximate surface area is 186 Å². The SMILES string of the molecule is Cc1ccc(N(C(=O)c2ccc(N3CCOCC3)c([N+](=O)[O-])c2)[C@@H]2C=CS(=O)(=O)C2)cc1. The van der Waals surface area contributed by atoms with Crippen LogP contribution < -0.4 is 9.80 Å². The van der Waals surface area contributed by atoms with Crippen molar-refractivity contribution in [3.63, 3.8) is 0 Å². The van der Waals surface area contributed by atoms with Crippen molar-refractivity contribution < 1.29 is 22.9 Å². The molecule has 1 amide bonds. The Morgan fingerprint density at radius 1 is 1.16 bits per heavy atom. The van der Waals surface area contributed by atoms with E-state index in [0.29, 0.717) is 37.7 Å². The lowest BCUT2D eigenvalue weighted by Crippen LogP contribution is -2.41. The number of amides is 1. The summed E-state index contributed by atoms with van der Waals surface area (Å²) >= 11 is 0. The molecule has 0 aromatic heterocycles. The average Bonchev–Trinajstić information content (AvgIpc) is 3.14. The van der Waals surface area contributed by atoms with Gasteiger partial charge in [-0.05, 0) is 37.3 Å². The van der Waals surface area contributed by atoms with Gasteiger partial charge in [-0.1, -0.05) is 17.7 Å². The Morgan fingerprint density at radius 3 is 2.44 bits per heavy atom. The molecule has 0 spiro atoms. The topological polar surface area (TPSA) is 110 Å². The summed E-state index contributed by atoms with van der Waals surface area (Å²) in [5, 5.41) is 12.9. The van der Waals surface area contributed by atoms with Crippen molar-refractivity contribution in [1.29, 1.82) is 0 Å². The quantitative estimate of drug-likeness (QED) is 0.501. The van der Waals surface area contributed by atoms with E-state index >= 15 is 0 Å². The molecule has 1 saturated heterocycles. The van der Waals surface area contributed by atoms with Crippen LogP contribution in [0, 0.1) is 17.0 Å². The monoisotopic (exact) mass is 457 g/mol. The highest BCUT2D eigenvalue weighted by Crippen LogP contribution is 2.32. The Kier molecular flexibility index (Phi) is 5.98. The van der Waals surface area contributed by atoms with Gasteiger partial charge in [0.05, 0.1) is 29.9 Å². The van der Waals surface area contributed by atoms with Crippen LogP contribution in [0.5, 0.6) is 0 Å². The van der Waals surface area contributed by atoms with Crippen LogP contribution in [0.4, 0.5) is 17.1 Å². The van der Waals surface area contributed by atoms with Crippen molar-refractivity contribution in [1.82, 2.24) is 0 Å². The van der Waals surface area contributed by atoms with Gasteiger partial charge in [-0.2, -0.15) is 0 Å². The maximum atomic E-state index is 13.5. The van der Waals surface area contributed by atoms with Crippen LogP contribution in [0.2, 0.25) is 0 Å². The number of hydrogen-bond donors (Lipinski definition) is 0. The molecule has 0 saturated carbocycles. The van der Waals surface area contributed by atoms with E-state index in [9.17, 15) is 23.3 Å². The second kappa shape index (κ2) is 8.71. The third kappa shape index (κ3) is 4.51. The van der Waals surface area contributed by atoms with E-state index in [2.05, 4.69) is 0 Å². The van der Waals surface area contributed by atoms with Crippen molar-refractivity contribution in [2.24, 2.45) is 0 Å². The minimum atomic E-state index is -3.42. The number of anilines is 2. The molecule has 2 aromatic carbocycles. The molecule has 0 unspecified atom stereocenters. The van der Waals surface area contributed by atoms with Crippen LogP contribution in [0.25, 0.3) is 0 Å². The van der Waals surface area contributed by atoms with Crippen molar-refractivity contribution in [2.75, 3.05) is 41.9 Å². The van der Waals surface area contributed by atoms with E-state index in [4.69, 9.17) is 4.74 Å². The standard InChI is InChI=1S/C22H23N3O6S/c1-16-2-5-18(6-3-16)24(19-8-13-32(29,30)15-19)22(26)17-4-7-20(21(14-17)25(27)28)23-9-11-31-12-10-23/h2-8,13-14,19H,9-12,15H2,1H3/t19-/m1/s1. The predicted octanol–water partition coefficient (Wildman–Crippen LogP) is 2.70. The molecule has 2 aliphatic heterocycles. The van der Waals surface area contributed by atoms with E-state index in [1.165, 1.54) is 17.0 Å². The third-order valence-electron chi connectivity index (χ3n) is 5.54. The lowest BCUT2D eigenvalue weighted by Gasteiger charge is -2.29. The molecule has 0 aliphatic carbocycles. The van der Waals surface area contributed by atoms with E-state index in [0.717, 1.165) is 11.0 Å². The lowest BCUT2D eigenvalue weighted by atomic mass is 10.1. The molecule has 4 rings (SSSR count). The number of benzene rings is 2. The predicted molar refractivity (Wildman–Crippen MR) is 121 cm³/mol. The van der Waals surface area contributed by atoms with Gasteiger partial charge < -0.3 is 14.5 Å². The maximum Gasteiger partial charge on any atom is 0.293 e. The summed E-state index contributed by atoms with van der Waals surface area (Å²) < 4.78 is 29.4. The van der Waals surface area contributed by atoms with Crippen LogP contribution in [0.1, 0.15) is 15.9 Å². The van der Waals surface area contributed by atoms with Gasteiger partial charge in [-0.15, -0.1) is 0 Å².